The molecule has 0 spiro atoms. The van der Waals surface area contributed by atoms with Crippen LogP contribution in [0.5, 0.6) is 0 Å². The fourth-order valence-corrected chi connectivity index (χ4v) is 1.58. The Morgan fingerprint density at radius 3 is 2.33 bits per heavy atom. The zero-order chi connectivity index (χ0) is 11.5. The lowest BCUT2D eigenvalue weighted by molar-refractivity contribution is -0.143. The number of hydrogen-bond donors (Lipinski definition) is 2. The number of benzene rings is 1. The molecule has 0 heterocycles. The summed E-state index contributed by atoms with van der Waals surface area (Å²) in [5, 5.41) is 9.23. The Kier molecular flexibility index (Phi) is 3.48. The SMILES string of the molecule is Cc1ccc(C(C)(CCN)C(=O)O)cc1. The fraction of sp³-hybridized carbons (Fsp3) is 0.417. The van der Waals surface area contributed by atoms with Crippen molar-refractivity contribution >= 4 is 5.97 Å². The maximum atomic E-state index is 11.2. The Labute approximate surface area is 89.9 Å². The van der Waals surface area contributed by atoms with Crippen LogP contribution in [0.2, 0.25) is 0 Å². The summed E-state index contributed by atoms with van der Waals surface area (Å²) in [6.07, 6.45) is 0.450. The van der Waals surface area contributed by atoms with Gasteiger partial charge in [0, 0.05) is 0 Å². The summed E-state index contributed by atoms with van der Waals surface area (Å²) in [6.45, 7) is 4.06. The zero-order valence-electron chi connectivity index (χ0n) is 9.16. The molecule has 1 aromatic rings. The monoisotopic (exact) mass is 207 g/mol. The van der Waals surface area contributed by atoms with E-state index in [0.717, 1.165) is 11.1 Å². The van der Waals surface area contributed by atoms with Crippen molar-refractivity contribution in [2.24, 2.45) is 5.73 Å². The second kappa shape index (κ2) is 4.45. The van der Waals surface area contributed by atoms with E-state index < -0.39 is 11.4 Å². The van der Waals surface area contributed by atoms with Crippen molar-refractivity contribution in [3.63, 3.8) is 0 Å². The largest absolute Gasteiger partial charge is 0.481 e. The second-order valence-electron chi connectivity index (χ2n) is 4.04. The van der Waals surface area contributed by atoms with Crippen LogP contribution in [-0.4, -0.2) is 17.6 Å². The number of nitrogens with two attached hydrogens (primary N) is 1. The molecular weight excluding hydrogens is 190 g/mol. The van der Waals surface area contributed by atoms with Gasteiger partial charge in [-0.2, -0.15) is 0 Å². The van der Waals surface area contributed by atoms with Crippen molar-refractivity contribution < 1.29 is 9.90 Å². The average Bonchev–Trinajstić information content (AvgIpc) is 2.18. The number of carboxylic acids is 1. The Hall–Kier alpha value is -1.35. The third kappa shape index (κ3) is 2.36. The zero-order valence-corrected chi connectivity index (χ0v) is 9.16. The summed E-state index contributed by atoms with van der Waals surface area (Å²) >= 11 is 0. The standard InChI is InChI=1S/C12H17NO2/c1-9-3-5-10(6-4-9)12(2,7-8-13)11(14)15/h3-6H,7-8,13H2,1-2H3,(H,14,15). The Balaban J connectivity index is 3.09. The van der Waals surface area contributed by atoms with Gasteiger partial charge in [0.1, 0.15) is 0 Å². The van der Waals surface area contributed by atoms with Gasteiger partial charge in [-0.1, -0.05) is 29.8 Å². The van der Waals surface area contributed by atoms with E-state index in [1.807, 2.05) is 31.2 Å². The van der Waals surface area contributed by atoms with E-state index in [4.69, 9.17) is 5.73 Å². The lowest BCUT2D eigenvalue weighted by Crippen LogP contribution is -2.34. The van der Waals surface area contributed by atoms with E-state index in [0.29, 0.717) is 13.0 Å². The van der Waals surface area contributed by atoms with Crippen LogP contribution in [0.25, 0.3) is 0 Å². The normalized spacial score (nSPS) is 14.6. The average molecular weight is 207 g/mol. The molecule has 3 N–H and O–H groups in total. The molecule has 1 atom stereocenters. The maximum Gasteiger partial charge on any atom is 0.313 e. The quantitative estimate of drug-likeness (QED) is 0.789. The second-order valence-corrected chi connectivity index (χ2v) is 4.04. The van der Waals surface area contributed by atoms with Gasteiger partial charge in [-0.25, -0.2) is 0 Å². The van der Waals surface area contributed by atoms with Gasteiger partial charge < -0.3 is 10.8 Å². The van der Waals surface area contributed by atoms with E-state index in [9.17, 15) is 9.90 Å². The first kappa shape index (κ1) is 11.7. The molecule has 0 aliphatic carbocycles. The van der Waals surface area contributed by atoms with Gasteiger partial charge >= 0.3 is 5.97 Å². The highest BCUT2D eigenvalue weighted by atomic mass is 16.4. The third-order valence-corrected chi connectivity index (χ3v) is 2.81. The van der Waals surface area contributed by atoms with E-state index in [-0.39, 0.29) is 0 Å². The van der Waals surface area contributed by atoms with Crippen molar-refractivity contribution in [2.45, 2.75) is 25.7 Å². The van der Waals surface area contributed by atoms with E-state index in [1.165, 1.54) is 0 Å². The molecule has 1 aromatic carbocycles. The summed E-state index contributed by atoms with van der Waals surface area (Å²) in [7, 11) is 0. The topological polar surface area (TPSA) is 63.3 Å². The summed E-state index contributed by atoms with van der Waals surface area (Å²) in [5.74, 6) is -0.822. The predicted molar refractivity (Wildman–Crippen MR) is 59.8 cm³/mol. The summed E-state index contributed by atoms with van der Waals surface area (Å²) in [5.41, 5.74) is 6.52. The van der Waals surface area contributed by atoms with Crippen molar-refractivity contribution in [2.75, 3.05) is 6.54 Å². The lowest BCUT2D eigenvalue weighted by atomic mass is 9.79. The van der Waals surface area contributed by atoms with Crippen LogP contribution in [0.3, 0.4) is 0 Å². The number of hydrogen-bond acceptors (Lipinski definition) is 2. The Bertz CT molecular complexity index is 345. The first-order valence-corrected chi connectivity index (χ1v) is 5.01. The molecular formula is C12H17NO2. The van der Waals surface area contributed by atoms with Gasteiger partial charge in [0.25, 0.3) is 0 Å². The molecule has 0 amide bonds. The molecule has 0 saturated heterocycles. The van der Waals surface area contributed by atoms with Crippen molar-refractivity contribution in [1.82, 2.24) is 0 Å². The van der Waals surface area contributed by atoms with Gasteiger partial charge in [-0.3, -0.25) is 4.79 Å². The number of carbonyl (C=O) groups is 1. The summed E-state index contributed by atoms with van der Waals surface area (Å²) < 4.78 is 0. The molecule has 0 aromatic heterocycles. The minimum absolute atomic E-state index is 0.372. The van der Waals surface area contributed by atoms with Gasteiger partial charge in [0.05, 0.1) is 5.41 Å². The molecule has 0 bridgehead atoms. The Morgan fingerprint density at radius 2 is 1.93 bits per heavy atom. The first-order chi connectivity index (χ1) is 7.00. The third-order valence-electron chi connectivity index (χ3n) is 2.81. The molecule has 0 saturated carbocycles. The van der Waals surface area contributed by atoms with Gasteiger partial charge in [0.2, 0.25) is 0 Å². The first-order valence-electron chi connectivity index (χ1n) is 5.01. The molecule has 15 heavy (non-hydrogen) atoms. The summed E-state index contributed by atoms with van der Waals surface area (Å²) in [4.78, 5) is 11.2. The number of aryl methyl sites for hydroxylation is 1. The van der Waals surface area contributed by atoms with Gasteiger partial charge in [-0.15, -0.1) is 0 Å². The minimum Gasteiger partial charge on any atom is -0.481 e. The van der Waals surface area contributed by atoms with Crippen LogP contribution in [0, 0.1) is 6.92 Å². The molecule has 0 aliphatic heterocycles. The molecule has 0 aliphatic rings. The highest BCUT2D eigenvalue weighted by molar-refractivity contribution is 5.80. The van der Waals surface area contributed by atoms with E-state index >= 15 is 0 Å². The maximum absolute atomic E-state index is 11.2. The van der Waals surface area contributed by atoms with Crippen LogP contribution in [-0.2, 0) is 10.2 Å². The highest BCUT2D eigenvalue weighted by Gasteiger charge is 2.33. The molecule has 0 radical (unpaired) electrons. The van der Waals surface area contributed by atoms with Crippen molar-refractivity contribution in [3.05, 3.63) is 35.4 Å². The fourth-order valence-electron chi connectivity index (χ4n) is 1.58. The number of rotatable bonds is 4. The van der Waals surface area contributed by atoms with Crippen LogP contribution < -0.4 is 5.73 Å². The molecule has 0 fully saturated rings. The summed E-state index contributed by atoms with van der Waals surface area (Å²) in [6, 6.07) is 7.57. The lowest BCUT2D eigenvalue weighted by Gasteiger charge is -2.24. The van der Waals surface area contributed by atoms with Crippen LogP contribution in [0.15, 0.2) is 24.3 Å². The molecule has 1 unspecified atom stereocenters. The van der Waals surface area contributed by atoms with Crippen molar-refractivity contribution in [1.29, 1.82) is 0 Å². The molecule has 1 rings (SSSR count). The Morgan fingerprint density at radius 1 is 1.40 bits per heavy atom. The van der Waals surface area contributed by atoms with Crippen LogP contribution in [0.1, 0.15) is 24.5 Å². The smallest absolute Gasteiger partial charge is 0.313 e. The highest BCUT2D eigenvalue weighted by Crippen LogP contribution is 2.27. The van der Waals surface area contributed by atoms with Gasteiger partial charge in [-0.05, 0) is 32.4 Å². The van der Waals surface area contributed by atoms with E-state index in [1.54, 1.807) is 6.92 Å². The molecule has 3 nitrogen and oxygen atoms in total. The number of carboxylic acid groups (broad SMARTS) is 1. The van der Waals surface area contributed by atoms with Crippen LogP contribution >= 0.6 is 0 Å². The van der Waals surface area contributed by atoms with Gasteiger partial charge in [0.15, 0.2) is 0 Å². The number of aliphatic carboxylic acids is 1. The van der Waals surface area contributed by atoms with Crippen LogP contribution in [0.4, 0.5) is 0 Å². The molecule has 3 heteroatoms. The minimum atomic E-state index is -0.873. The molecule has 82 valence electrons. The predicted octanol–water partition coefficient (Wildman–Crippen LogP) is 1.69. The van der Waals surface area contributed by atoms with Crippen molar-refractivity contribution in [3.8, 4) is 0 Å². The van der Waals surface area contributed by atoms with E-state index in [2.05, 4.69) is 0 Å².